The Labute approximate surface area is 147 Å². The van der Waals surface area contributed by atoms with Gasteiger partial charge in [-0.15, -0.1) is 0 Å². The third-order valence-corrected chi connectivity index (χ3v) is 4.15. The van der Waals surface area contributed by atoms with E-state index in [1.807, 2.05) is 36.5 Å². The molecule has 120 valence electrons. The molecule has 2 heteroatoms. The van der Waals surface area contributed by atoms with Crippen LogP contribution < -0.4 is 0 Å². The lowest BCUT2D eigenvalue weighted by molar-refractivity contribution is 1.07. The first-order chi connectivity index (χ1) is 12.4. The van der Waals surface area contributed by atoms with Gasteiger partial charge in [0.25, 0.3) is 0 Å². The lowest BCUT2D eigenvalue weighted by Gasteiger charge is -2.07. The zero-order chi connectivity index (χ0) is 16.9. The van der Waals surface area contributed by atoms with E-state index in [1.54, 1.807) is 0 Å². The first-order valence-corrected chi connectivity index (χ1v) is 8.40. The van der Waals surface area contributed by atoms with Gasteiger partial charge in [-0.2, -0.15) is 0 Å². The predicted octanol–water partition coefficient (Wildman–Crippen LogP) is 5.40. The highest BCUT2D eigenvalue weighted by atomic mass is 14.7. The lowest BCUT2D eigenvalue weighted by atomic mass is 10.0. The summed E-state index contributed by atoms with van der Waals surface area (Å²) < 4.78 is 0. The van der Waals surface area contributed by atoms with E-state index in [1.165, 1.54) is 5.56 Å². The van der Waals surface area contributed by atoms with Crippen molar-refractivity contribution >= 4 is 0 Å². The van der Waals surface area contributed by atoms with Gasteiger partial charge >= 0.3 is 0 Å². The van der Waals surface area contributed by atoms with Gasteiger partial charge in [-0.05, 0) is 35.9 Å². The highest BCUT2D eigenvalue weighted by molar-refractivity contribution is 5.66. The third-order valence-electron chi connectivity index (χ3n) is 4.15. The average Bonchev–Trinajstić information content (AvgIpc) is 2.70. The Balaban J connectivity index is 1.65. The minimum atomic E-state index is 0.826. The van der Waals surface area contributed by atoms with Crippen molar-refractivity contribution in [2.24, 2.45) is 0 Å². The molecular weight excluding hydrogens is 304 g/mol. The maximum Gasteiger partial charge on any atom is 0.0709 e. The van der Waals surface area contributed by atoms with Crippen LogP contribution in [0.25, 0.3) is 22.5 Å². The molecule has 4 rings (SSSR count). The van der Waals surface area contributed by atoms with Crippen molar-refractivity contribution in [3.63, 3.8) is 0 Å². The average molecular weight is 322 g/mol. The van der Waals surface area contributed by atoms with Gasteiger partial charge in [0.2, 0.25) is 0 Å². The zero-order valence-corrected chi connectivity index (χ0v) is 13.8. The largest absolute Gasteiger partial charge is 0.261 e. The summed E-state index contributed by atoms with van der Waals surface area (Å²) in [5.41, 5.74) is 6.56. The van der Waals surface area contributed by atoms with Crippen molar-refractivity contribution in [1.29, 1.82) is 0 Å². The van der Waals surface area contributed by atoms with E-state index in [4.69, 9.17) is 4.98 Å². The monoisotopic (exact) mass is 322 g/mol. The summed E-state index contributed by atoms with van der Waals surface area (Å²) in [6, 6.07) is 31.0. The van der Waals surface area contributed by atoms with Crippen LogP contribution in [0, 0.1) is 0 Å². The molecule has 4 aromatic rings. The molecule has 0 amide bonds. The molecule has 0 spiro atoms. The molecule has 0 saturated heterocycles. The SMILES string of the molecule is c1ccc(-c2cccc(-c3cccc(Cc4ccccn4)c3)n2)cc1. The van der Waals surface area contributed by atoms with Gasteiger partial charge in [0.15, 0.2) is 0 Å². The number of benzene rings is 2. The fraction of sp³-hybridized carbons (Fsp3) is 0.0435. The maximum atomic E-state index is 4.85. The Bertz CT molecular complexity index is 963. The van der Waals surface area contributed by atoms with E-state index in [0.29, 0.717) is 0 Å². The molecular formula is C23H18N2. The molecule has 2 aromatic heterocycles. The van der Waals surface area contributed by atoms with E-state index in [0.717, 1.165) is 34.6 Å². The fourth-order valence-electron chi connectivity index (χ4n) is 2.92. The molecule has 0 unspecified atom stereocenters. The fourth-order valence-corrected chi connectivity index (χ4v) is 2.92. The second-order valence-electron chi connectivity index (χ2n) is 5.97. The number of nitrogens with zero attached hydrogens (tertiary/aromatic N) is 2. The number of hydrogen-bond donors (Lipinski definition) is 0. The summed E-state index contributed by atoms with van der Waals surface area (Å²) in [6.07, 6.45) is 2.66. The van der Waals surface area contributed by atoms with Crippen LogP contribution >= 0.6 is 0 Å². The molecule has 25 heavy (non-hydrogen) atoms. The van der Waals surface area contributed by atoms with Gasteiger partial charge in [-0.1, -0.05) is 60.7 Å². The van der Waals surface area contributed by atoms with Crippen LogP contribution in [-0.4, -0.2) is 9.97 Å². The van der Waals surface area contributed by atoms with Crippen LogP contribution in [-0.2, 0) is 6.42 Å². The molecule has 2 heterocycles. The molecule has 0 bridgehead atoms. The first-order valence-electron chi connectivity index (χ1n) is 8.40. The molecule has 0 radical (unpaired) electrons. The van der Waals surface area contributed by atoms with Crippen molar-refractivity contribution < 1.29 is 0 Å². The van der Waals surface area contributed by atoms with Gasteiger partial charge in [0.05, 0.1) is 11.4 Å². The van der Waals surface area contributed by atoms with Crippen LogP contribution in [0.15, 0.2) is 97.2 Å². The van der Waals surface area contributed by atoms with Gasteiger partial charge in [0.1, 0.15) is 0 Å². The van der Waals surface area contributed by atoms with E-state index >= 15 is 0 Å². The maximum absolute atomic E-state index is 4.85. The molecule has 0 atom stereocenters. The van der Waals surface area contributed by atoms with Gasteiger partial charge < -0.3 is 0 Å². The van der Waals surface area contributed by atoms with Gasteiger partial charge in [-0.3, -0.25) is 4.98 Å². The van der Waals surface area contributed by atoms with Gasteiger partial charge in [0, 0.05) is 29.4 Å². The highest BCUT2D eigenvalue weighted by Crippen LogP contribution is 2.23. The molecule has 2 nitrogen and oxygen atoms in total. The number of pyridine rings is 2. The van der Waals surface area contributed by atoms with E-state index < -0.39 is 0 Å². The predicted molar refractivity (Wildman–Crippen MR) is 102 cm³/mol. The number of hydrogen-bond acceptors (Lipinski definition) is 2. The van der Waals surface area contributed by atoms with Crippen LogP contribution in [0.3, 0.4) is 0 Å². The van der Waals surface area contributed by atoms with Crippen LogP contribution in [0.5, 0.6) is 0 Å². The summed E-state index contributed by atoms with van der Waals surface area (Å²) in [7, 11) is 0. The summed E-state index contributed by atoms with van der Waals surface area (Å²) in [4.78, 5) is 9.26. The molecule has 0 N–H and O–H groups in total. The van der Waals surface area contributed by atoms with Crippen molar-refractivity contribution in [3.05, 3.63) is 108 Å². The molecule has 0 saturated carbocycles. The van der Waals surface area contributed by atoms with Crippen LogP contribution in [0.4, 0.5) is 0 Å². The smallest absolute Gasteiger partial charge is 0.0709 e. The highest BCUT2D eigenvalue weighted by Gasteiger charge is 2.05. The molecule has 0 aliphatic rings. The number of rotatable bonds is 4. The normalized spacial score (nSPS) is 10.6. The molecule has 0 fully saturated rings. The zero-order valence-electron chi connectivity index (χ0n) is 13.8. The van der Waals surface area contributed by atoms with E-state index in [2.05, 4.69) is 65.6 Å². The Morgan fingerprint density at radius 3 is 2.12 bits per heavy atom. The van der Waals surface area contributed by atoms with Crippen LogP contribution in [0.2, 0.25) is 0 Å². The van der Waals surface area contributed by atoms with Crippen molar-refractivity contribution in [2.45, 2.75) is 6.42 Å². The first kappa shape index (κ1) is 15.3. The Kier molecular flexibility index (Phi) is 4.34. The lowest BCUT2D eigenvalue weighted by Crippen LogP contribution is -1.93. The summed E-state index contributed by atoms with van der Waals surface area (Å²) in [5, 5.41) is 0. The summed E-state index contributed by atoms with van der Waals surface area (Å²) in [6.45, 7) is 0. The Morgan fingerprint density at radius 1 is 0.600 bits per heavy atom. The molecule has 2 aromatic carbocycles. The van der Waals surface area contributed by atoms with Crippen molar-refractivity contribution in [3.8, 4) is 22.5 Å². The second-order valence-corrected chi connectivity index (χ2v) is 5.97. The molecule has 0 aliphatic carbocycles. The van der Waals surface area contributed by atoms with Crippen LogP contribution in [0.1, 0.15) is 11.3 Å². The van der Waals surface area contributed by atoms with Crippen molar-refractivity contribution in [2.75, 3.05) is 0 Å². The quantitative estimate of drug-likeness (QED) is 0.502. The third kappa shape index (κ3) is 3.64. The second kappa shape index (κ2) is 7.10. The minimum Gasteiger partial charge on any atom is -0.261 e. The topological polar surface area (TPSA) is 25.8 Å². The minimum absolute atomic E-state index is 0.826. The molecule has 0 aliphatic heterocycles. The Morgan fingerprint density at radius 2 is 1.32 bits per heavy atom. The Hall–Kier alpha value is -3.26. The van der Waals surface area contributed by atoms with E-state index in [9.17, 15) is 0 Å². The van der Waals surface area contributed by atoms with Crippen molar-refractivity contribution in [1.82, 2.24) is 9.97 Å². The standard InChI is InChI=1S/C23H18N2/c1-2-9-19(10-3-1)22-13-7-14-23(25-22)20-11-6-8-18(16-20)17-21-12-4-5-15-24-21/h1-16H,17H2. The summed E-state index contributed by atoms with van der Waals surface area (Å²) >= 11 is 0. The van der Waals surface area contributed by atoms with E-state index in [-0.39, 0.29) is 0 Å². The van der Waals surface area contributed by atoms with Gasteiger partial charge in [-0.25, -0.2) is 4.98 Å². The summed E-state index contributed by atoms with van der Waals surface area (Å²) in [5.74, 6) is 0. The number of aromatic nitrogens is 2.